The summed E-state index contributed by atoms with van der Waals surface area (Å²) in [6.07, 6.45) is 0.699. The van der Waals surface area contributed by atoms with Crippen molar-refractivity contribution < 1.29 is 8.42 Å². The summed E-state index contributed by atoms with van der Waals surface area (Å²) in [5, 5.41) is 5.09. The summed E-state index contributed by atoms with van der Waals surface area (Å²) in [7, 11) is -3.62. The van der Waals surface area contributed by atoms with E-state index in [1.165, 1.54) is 6.07 Å². The Labute approximate surface area is 101 Å². The number of hydrogen-bond acceptors (Lipinski definition) is 2. The Morgan fingerprint density at radius 3 is 2.18 bits per heavy atom. The van der Waals surface area contributed by atoms with Crippen molar-refractivity contribution in [3.63, 3.8) is 0 Å². The van der Waals surface area contributed by atoms with E-state index in [9.17, 15) is 8.42 Å². The second-order valence-electron chi connectivity index (χ2n) is 3.85. The maximum absolute atomic E-state index is 11.2. The van der Waals surface area contributed by atoms with Gasteiger partial charge >= 0.3 is 0 Å². The van der Waals surface area contributed by atoms with Crippen molar-refractivity contribution in [1.82, 2.24) is 0 Å². The number of nitrogens with two attached hydrogens (primary N) is 1. The summed E-state index contributed by atoms with van der Waals surface area (Å²) in [5.74, 6) is 0. The summed E-state index contributed by atoms with van der Waals surface area (Å²) in [6.45, 7) is 0. The summed E-state index contributed by atoms with van der Waals surface area (Å²) < 4.78 is 22.4. The van der Waals surface area contributed by atoms with E-state index in [-0.39, 0.29) is 4.90 Å². The van der Waals surface area contributed by atoms with Crippen molar-refractivity contribution in [2.45, 2.75) is 11.3 Å². The molecule has 88 valence electrons. The van der Waals surface area contributed by atoms with Gasteiger partial charge in [-0.15, -0.1) is 0 Å². The minimum absolute atomic E-state index is 0.158. The van der Waals surface area contributed by atoms with Crippen LogP contribution in [0.25, 0.3) is 0 Å². The fourth-order valence-electron chi connectivity index (χ4n) is 1.66. The highest BCUT2D eigenvalue weighted by atomic mass is 32.2. The molecule has 0 radical (unpaired) electrons. The Morgan fingerprint density at radius 1 is 0.882 bits per heavy atom. The van der Waals surface area contributed by atoms with E-state index in [1.807, 2.05) is 36.4 Å². The molecule has 17 heavy (non-hydrogen) atoms. The van der Waals surface area contributed by atoms with E-state index < -0.39 is 10.0 Å². The van der Waals surface area contributed by atoms with Crippen molar-refractivity contribution in [2.24, 2.45) is 5.14 Å². The van der Waals surface area contributed by atoms with E-state index >= 15 is 0 Å². The average molecular weight is 247 g/mol. The van der Waals surface area contributed by atoms with Crippen molar-refractivity contribution in [1.29, 1.82) is 0 Å². The van der Waals surface area contributed by atoms with E-state index in [0.29, 0.717) is 6.42 Å². The van der Waals surface area contributed by atoms with Gasteiger partial charge in [0.1, 0.15) is 0 Å². The molecule has 0 fully saturated rings. The molecule has 2 N–H and O–H groups in total. The third-order valence-electron chi connectivity index (χ3n) is 2.48. The van der Waals surface area contributed by atoms with Crippen LogP contribution in [0.5, 0.6) is 0 Å². The quantitative estimate of drug-likeness (QED) is 0.900. The molecule has 2 aromatic carbocycles. The summed E-state index contributed by atoms with van der Waals surface area (Å²) in [6, 6.07) is 16.6. The smallest absolute Gasteiger partial charge is 0.225 e. The lowest BCUT2D eigenvalue weighted by atomic mass is 10.1. The highest BCUT2D eigenvalue weighted by Gasteiger charge is 2.07. The molecule has 0 saturated carbocycles. The molecule has 2 rings (SSSR count). The maximum Gasteiger partial charge on any atom is 0.238 e. The molecule has 0 spiro atoms. The Balaban J connectivity index is 2.29. The largest absolute Gasteiger partial charge is 0.238 e. The third-order valence-corrected chi connectivity index (χ3v) is 3.39. The van der Waals surface area contributed by atoms with E-state index in [0.717, 1.165) is 11.1 Å². The van der Waals surface area contributed by atoms with Crippen LogP contribution in [0.2, 0.25) is 0 Å². The predicted octanol–water partition coefficient (Wildman–Crippen LogP) is 1.92. The first-order valence-electron chi connectivity index (χ1n) is 5.21. The summed E-state index contributed by atoms with van der Waals surface area (Å²) >= 11 is 0. The van der Waals surface area contributed by atoms with Crippen molar-refractivity contribution in [3.05, 3.63) is 65.7 Å². The van der Waals surface area contributed by atoms with Crippen LogP contribution < -0.4 is 5.14 Å². The predicted molar refractivity (Wildman–Crippen MR) is 67.1 cm³/mol. The van der Waals surface area contributed by atoms with Crippen molar-refractivity contribution >= 4 is 10.0 Å². The van der Waals surface area contributed by atoms with Gasteiger partial charge < -0.3 is 0 Å². The monoisotopic (exact) mass is 247 g/mol. The number of sulfonamides is 1. The molecule has 0 heterocycles. The molecule has 0 aromatic heterocycles. The molecular formula is C13H13NO2S. The molecule has 0 aliphatic carbocycles. The van der Waals surface area contributed by atoms with Crippen molar-refractivity contribution in [3.8, 4) is 0 Å². The molecule has 3 nitrogen and oxygen atoms in total. The minimum atomic E-state index is -3.62. The van der Waals surface area contributed by atoms with Crippen LogP contribution in [0.15, 0.2) is 59.5 Å². The summed E-state index contributed by atoms with van der Waals surface area (Å²) in [5.41, 5.74) is 2.07. The minimum Gasteiger partial charge on any atom is -0.225 e. The van der Waals surface area contributed by atoms with Crippen LogP contribution in [0, 0.1) is 0 Å². The lowest BCUT2D eigenvalue weighted by molar-refractivity contribution is 0.597. The van der Waals surface area contributed by atoms with Crippen LogP contribution in [0.1, 0.15) is 11.1 Å². The van der Waals surface area contributed by atoms with Crippen LogP contribution in [0.3, 0.4) is 0 Å². The van der Waals surface area contributed by atoms with Gasteiger partial charge in [-0.2, -0.15) is 0 Å². The third kappa shape index (κ3) is 3.15. The zero-order chi connectivity index (χ0) is 12.3. The fourth-order valence-corrected chi connectivity index (χ4v) is 2.25. The van der Waals surface area contributed by atoms with E-state index in [2.05, 4.69) is 0 Å². The van der Waals surface area contributed by atoms with Crippen LogP contribution in [-0.2, 0) is 16.4 Å². The molecule has 0 unspecified atom stereocenters. The lowest BCUT2D eigenvalue weighted by Gasteiger charge is -2.04. The SMILES string of the molecule is NS(=O)(=O)c1cccc(Cc2ccccc2)c1. The topological polar surface area (TPSA) is 60.2 Å². The normalized spacial score (nSPS) is 11.4. The second-order valence-corrected chi connectivity index (χ2v) is 5.42. The van der Waals surface area contributed by atoms with Crippen LogP contribution >= 0.6 is 0 Å². The van der Waals surface area contributed by atoms with E-state index in [1.54, 1.807) is 12.1 Å². The Bertz CT molecular complexity index is 606. The molecule has 0 saturated heterocycles. The average Bonchev–Trinajstić information content (AvgIpc) is 2.29. The van der Waals surface area contributed by atoms with Gasteiger partial charge in [0.05, 0.1) is 4.90 Å². The number of primary sulfonamides is 1. The van der Waals surface area contributed by atoms with Gasteiger partial charge in [-0.1, -0.05) is 42.5 Å². The van der Waals surface area contributed by atoms with Gasteiger partial charge in [-0.3, -0.25) is 0 Å². The number of hydrogen-bond donors (Lipinski definition) is 1. The highest BCUT2D eigenvalue weighted by Crippen LogP contribution is 2.13. The zero-order valence-electron chi connectivity index (χ0n) is 9.21. The summed E-state index contributed by atoms with van der Waals surface area (Å²) in [4.78, 5) is 0.158. The first-order chi connectivity index (χ1) is 8.05. The molecule has 2 aromatic rings. The number of rotatable bonds is 3. The Kier molecular flexibility index (Phi) is 3.26. The molecule has 0 amide bonds. The Hall–Kier alpha value is -1.65. The molecular weight excluding hydrogens is 234 g/mol. The molecule has 4 heteroatoms. The van der Waals surface area contributed by atoms with Crippen LogP contribution in [-0.4, -0.2) is 8.42 Å². The Morgan fingerprint density at radius 2 is 1.53 bits per heavy atom. The first kappa shape index (κ1) is 11.8. The fraction of sp³-hybridized carbons (Fsp3) is 0.0769. The second kappa shape index (κ2) is 4.69. The van der Waals surface area contributed by atoms with Gasteiger partial charge in [0.25, 0.3) is 0 Å². The molecule has 0 atom stereocenters. The number of benzene rings is 2. The maximum atomic E-state index is 11.2. The van der Waals surface area contributed by atoms with Gasteiger partial charge in [-0.05, 0) is 29.7 Å². The zero-order valence-corrected chi connectivity index (χ0v) is 10.0. The van der Waals surface area contributed by atoms with Crippen molar-refractivity contribution in [2.75, 3.05) is 0 Å². The van der Waals surface area contributed by atoms with Gasteiger partial charge in [0.15, 0.2) is 0 Å². The van der Waals surface area contributed by atoms with E-state index in [4.69, 9.17) is 5.14 Å². The lowest BCUT2D eigenvalue weighted by Crippen LogP contribution is -2.12. The molecule has 0 aliphatic rings. The molecule has 0 bridgehead atoms. The standard InChI is InChI=1S/C13H13NO2S/c14-17(15,16)13-8-4-7-12(10-13)9-11-5-2-1-3-6-11/h1-8,10H,9H2,(H2,14,15,16). The first-order valence-corrected chi connectivity index (χ1v) is 6.76. The highest BCUT2D eigenvalue weighted by molar-refractivity contribution is 7.89. The van der Waals surface area contributed by atoms with Gasteiger partial charge in [0, 0.05) is 0 Å². The van der Waals surface area contributed by atoms with Gasteiger partial charge in [0.2, 0.25) is 10.0 Å². The molecule has 0 aliphatic heterocycles. The van der Waals surface area contributed by atoms with Gasteiger partial charge in [-0.25, -0.2) is 13.6 Å². The van der Waals surface area contributed by atoms with Crippen LogP contribution in [0.4, 0.5) is 0 Å².